The van der Waals surface area contributed by atoms with E-state index in [9.17, 15) is 10.1 Å². The van der Waals surface area contributed by atoms with Gasteiger partial charge in [-0.15, -0.1) is 0 Å². The molecule has 0 bridgehead atoms. The monoisotopic (exact) mass is 454 g/mol. The van der Waals surface area contributed by atoms with Crippen molar-refractivity contribution >= 4 is 44.6 Å². The maximum atomic E-state index is 11.9. The number of nitro groups is 1. The summed E-state index contributed by atoms with van der Waals surface area (Å²) in [6.45, 7) is 2.82. The lowest BCUT2D eigenvalue weighted by molar-refractivity contribution is -0.383. The van der Waals surface area contributed by atoms with E-state index >= 15 is 0 Å². The van der Waals surface area contributed by atoms with Gasteiger partial charge in [0.1, 0.15) is 6.33 Å². The highest BCUT2D eigenvalue weighted by Gasteiger charge is 2.29. The molecule has 8 nitrogen and oxygen atoms in total. The minimum absolute atomic E-state index is 0.108. The summed E-state index contributed by atoms with van der Waals surface area (Å²) in [6, 6.07) is 17.5. The van der Waals surface area contributed by atoms with Crippen LogP contribution in [0.4, 0.5) is 28.7 Å². The van der Waals surface area contributed by atoms with Crippen molar-refractivity contribution in [3.63, 3.8) is 0 Å². The van der Waals surface area contributed by atoms with Crippen LogP contribution in [-0.4, -0.2) is 41.1 Å². The second-order valence-electron chi connectivity index (χ2n) is 6.59. The molecule has 2 aromatic carbocycles. The van der Waals surface area contributed by atoms with Gasteiger partial charge in [0.25, 0.3) is 0 Å². The van der Waals surface area contributed by atoms with Gasteiger partial charge in [-0.05, 0) is 36.4 Å². The molecule has 148 valence electrons. The molecule has 0 unspecified atom stereocenters. The first-order valence-corrected chi connectivity index (χ1v) is 9.98. The zero-order chi connectivity index (χ0) is 20.2. The topological polar surface area (TPSA) is 87.4 Å². The predicted molar refractivity (Wildman–Crippen MR) is 117 cm³/mol. The van der Waals surface area contributed by atoms with Crippen LogP contribution in [0, 0.1) is 10.1 Å². The molecule has 4 rings (SSSR count). The maximum Gasteiger partial charge on any atom is 0.353 e. The second-order valence-corrected chi connectivity index (χ2v) is 7.51. The Kier molecular flexibility index (Phi) is 5.57. The summed E-state index contributed by atoms with van der Waals surface area (Å²) in [6.07, 6.45) is 1.37. The molecule has 9 heteroatoms. The third kappa shape index (κ3) is 4.29. The number of benzene rings is 2. The molecule has 3 aromatic rings. The molecular formula is C20H19BrN6O2. The third-order valence-corrected chi connectivity index (χ3v) is 5.32. The fourth-order valence-electron chi connectivity index (χ4n) is 3.35. The van der Waals surface area contributed by atoms with Gasteiger partial charge in [-0.3, -0.25) is 10.1 Å². The first-order valence-electron chi connectivity index (χ1n) is 9.19. The predicted octanol–water partition coefficient (Wildman–Crippen LogP) is 4.22. The van der Waals surface area contributed by atoms with Gasteiger partial charge >= 0.3 is 5.69 Å². The average molecular weight is 455 g/mol. The molecule has 1 fully saturated rings. The molecule has 0 saturated carbocycles. The fourth-order valence-corrected chi connectivity index (χ4v) is 3.61. The Hall–Kier alpha value is -3.20. The number of nitrogens with one attached hydrogen (secondary N) is 1. The number of halogens is 1. The van der Waals surface area contributed by atoms with Gasteiger partial charge in [0.15, 0.2) is 0 Å². The minimum atomic E-state index is -0.417. The zero-order valence-electron chi connectivity index (χ0n) is 15.5. The van der Waals surface area contributed by atoms with Crippen molar-refractivity contribution < 1.29 is 4.92 Å². The molecule has 29 heavy (non-hydrogen) atoms. The number of piperazine rings is 1. The minimum Gasteiger partial charge on any atom is -0.368 e. The molecule has 0 spiro atoms. The van der Waals surface area contributed by atoms with Crippen LogP contribution in [0.25, 0.3) is 0 Å². The van der Waals surface area contributed by atoms with Gasteiger partial charge in [0.2, 0.25) is 11.6 Å². The standard InChI is InChI=1S/C20H19BrN6O2/c21-15-6-8-16(9-7-15)24-19-18(27(28)29)20(23-14-22-19)26-12-10-25(11-13-26)17-4-2-1-3-5-17/h1-9,14H,10-13H2,(H,22,23,24). The lowest BCUT2D eigenvalue weighted by Gasteiger charge is -2.36. The van der Waals surface area contributed by atoms with Crippen LogP contribution < -0.4 is 15.1 Å². The molecule has 1 N–H and O–H groups in total. The smallest absolute Gasteiger partial charge is 0.353 e. The average Bonchev–Trinajstić information content (AvgIpc) is 2.76. The highest BCUT2D eigenvalue weighted by Crippen LogP contribution is 2.34. The zero-order valence-corrected chi connectivity index (χ0v) is 17.1. The van der Waals surface area contributed by atoms with Gasteiger partial charge in [0, 0.05) is 42.0 Å². The lowest BCUT2D eigenvalue weighted by atomic mass is 10.2. The van der Waals surface area contributed by atoms with E-state index in [2.05, 4.69) is 48.2 Å². The first kappa shape index (κ1) is 19.1. The van der Waals surface area contributed by atoms with E-state index in [4.69, 9.17) is 0 Å². The molecular weight excluding hydrogens is 436 g/mol. The number of rotatable bonds is 5. The number of anilines is 4. The molecule has 1 aliphatic rings. The number of para-hydroxylation sites is 1. The van der Waals surface area contributed by atoms with Gasteiger partial charge in [-0.1, -0.05) is 34.1 Å². The van der Waals surface area contributed by atoms with Crippen LogP contribution in [0.1, 0.15) is 0 Å². The van der Waals surface area contributed by atoms with Gasteiger partial charge in [0.05, 0.1) is 4.92 Å². The maximum absolute atomic E-state index is 11.9. The lowest BCUT2D eigenvalue weighted by Crippen LogP contribution is -2.47. The van der Waals surface area contributed by atoms with E-state index in [0.717, 1.165) is 28.9 Å². The highest BCUT2D eigenvalue weighted by molar-refractivity contribution is 9.10. The van der Waals surface area contributed by atoms with Crippen LogP contribution in [0.3, 0.4) is 0 Å². The van der Waals surface area contributed by atoms with E-state index in [1.165, 1.54) is 6.33 Å². The van der Waals surface area contributed by atoms with Crippen LogP contribution >= 0.6 is 15.9 Å². The van der Waals surface area contributed by atoms with Crippen LogP contribution in [0.5, 0.6) is 0 Å². The van der Waals surface area contributed by atoms with Crippen molar-refractivity contribution in [2.45, 2.75) is 0 Å². The summed E-state index contributed by atoms with van der Waals surface area (Å²) in [5.41, 5.74) is 1.76. The molecule has 0 atom stereocenters. The normalized spacial score (nSPS) is 14.0. The second kappa shape index (κ2) is 8.44. The number of nitrogens with zero attached hydrogens (tertiary/aromatic N) is 5. The molecule has 2 heterocycles. The van der Waals surface area contributed by atoms with Crippen molar-refractivity contribution in [1.82, 2.24) is 9.97 Å². The third-order valence-electron chi connectivity index (χ3n) is 4.79. The Balaban J connectivity index is 1.56. The Morgan fingerprint density at radius 1 is 0.931 bits per heavy atom. The Morgan fingerprint density at radius 3 is 2.24 bits per heavy atom. The highest BCUT2D eigenvalue weighted by atomic mass is 79.9. The van der Waals surface area contributed by atoms with Crippen molar-refractivity contribution in [2.75, 3.05) is 41.3 Å². The molecule has 0 radical (unpaired) electrons. The van der Waals surface area contributed by atoms with Crippen molar-refractivity contribution in [3.8, 4) is 0 Å². The van der Waals surface area contributed by atoms with Crippen molar-refractivity contribution in [1.29, 1.82) is 0 Å². The fraction of sp³-hybridized carbons (Fsp3) is 0.200. The molecule has 1 saturated heterocycles. The van der Waals surface area contributed by atoms with Gasteiger partial charge in [-0.25, -0.2) is 9.97 Å². The molecule has 1 aliphatic heterocycles. The van der Waals surface area contributed by atoms with Gasteiger partial charge in [-0.2, -0.15) is 0 Å². The summed E-state index contributed by atoms with van der Waals surface area (Å²) >= 11 is 3.38. The molecule has 1 aromatic heterocycles. The summed E-state index contributed by atoms with van der Waals surface area (Å²) in [7, 11) is 0. The summed E-state index contributed by atoms with van der Waals surface area (Å²) in [4.78, 5) is 24.0. The molecule has 0 amide bonds. The van der Waals surface area contributed by atoms with Crippen LogP contribution in [-0.2, 0) is 0 Å². The first-order chi connectivity index (χ1) is 14.1. The Morgan fingerprint density at radius 2 is 1.59 bits per heavy atom. The SMILES string of the molecule is O=[N+]([O-])c1c(Nc2ccc(Br)cc2)ncnc1N1CCN(c2ccccc2)CC1. The Bertz CT molecular complexity index is 992. The molecule has 0 aliphatic carbocycles. The van der Waals surface area contributed by atoms with E-state index in [0.29, 0.717) is 18.9 Å². The van der Waals surface area contributed by atoms with Crippen molar-refractivity contribution in [3.05, 3.63) is 75.5 Å². The summed E-state index contributed by atoms with van der Waals surface area (Å²) in [5, 5.41) is 14.9. The largest absolute Gasteiger partial charge is 0.368 e. The van der Waals surface area contributed by atoms with E-state index in [-0.39, 0.29) is 11.5 Å². The number of aromatic nitrogens is 2. The number of hydrogen-bond donors (Lipinski definition) is 1. The summed E-state index contributed by atoms with van der Waals surface area (Å²) in [5.74, 6) is 0.533. The summed E-state index contributed by atoms with van der Waals surface area (Å²) < 4.78 is 0.928. The quantitative estimate of drug-likeness (QED) is 0.455. The van der Waals surface area contributed by atoms with Crippen LogP contribution in [0.15, 0.2) is 65.4 Å². The van der Waals surface area contributed by atoms with Gasteiger partial charge < -0.3 is 15.1 Å². The van der Waals surface area contributed by atoms with E-state index in [1.54, 1.807) is 0 Å². The van der Waals surface area contributed by atoms with Crippen LogP contribution in [0.2, 0.25) is 0 Å². The van der Waals surface area contributed by atoms with E-state index in [1.807, 2.05) is 47.4 Å². The number of hydrogen-bond acceptors (Lipinski definition) is 7. The van der Waals surface area contributed by atoms with Crippen molar-refractivity contribution in [2.24, 2.45) is 0 Å². The van der Waals surface area contributed by atoms with E-state index < -0.39 is 4.92 Å². The Labute approximate surface area is 176 Å².